The number of hydrogen-bond acceptors (Lipinski definition) is 3. The first kappa shape index (κ1) is 13.2. The van der Waals surface area contributed by atoms with Gasteiger partial charge in [0.1, 0.15) is 0 Å². The average molecular weight is 379 g/mol. The summed E-state index contributed by atoms with van der Waals surface area (Å²) in [7, 11) is 0. The van der Waals surface area contributed by atoms with E-state index in [0.29, 0.717) is 16.2 Å². The van der Waals surface area contributed by atoms with Crippen molar-refractivity contribution >= 4 is 49.2 Å². The SMILES string of the molecule is Nc1nc(Nc2ccc(Br)cc2Br)c(F)cc1F. The molecular weight excluding hydrogens is 372 g/mol. The Bertz CT molecular complexity index is 605. The van der Waals surface area contributed by atoms with Crippen molar-refractivity contribution in [1.82, 2.24) is 4.98 Å². The molecule has 2 rings (SSSR count). The van der Waals surface area contributed by atoms with Crippen LogP contribution in [0.15, 0.2) is 33.2 Å². The Labute approximate surface area is 119 Å². The van der Waals surface area contributed by atoms with Crippen LogP contribution in [0.1, 0.15) is 0 Å². The van der Waals surface area contributed by atoms with Crippen LogP contribution in [0.25, 0.3) is 0 Å². The smallest absolute Gasteiger partial charge is 0.169 e. The van der Waals surface area contributed by atoms with Gasteiger partial charge in [0.25, 0.3) is 0 Å². The lowest BCUT2D eigenvalue weighted by Gasteiger charge is -2.09. The fraction of sp³-hybridized carbons (Fsp3) is 0. The lowest BCUT2D eigenvalue weighted by atomic mass is 10.3. The standard InChI is InChI=1S/C11H7Br2F2N3/c12-5-1-2-9(6(13)3-5)17-11-8(15)4-7(14)10(16)18-11/h1-4H,(H3,16,17,18). The number of aromatic nitrogens is 1. The highest BCUT2D eigenvalue weighted by Crippen LogP contribution is 2.29. The Morgan fingerprint density at radius 2 is 1.83 bits per heavy atom. The molecule has 0 fully saturated rings. The Morgan fingerprint density at radius 3 is 2.50 bits per heavy atom. The van der Waals surface area contributed by atoms with E-state index in [9.17, 15) is 8.78 Å². The highest BCUT2D eigenvalue weighted by molar-refractivity contribution is 9.11. The molecule has 0 aliphatic rings. The van der Waals surface area contributed by atoms with E-state index in [4.69, 9.17) is 5.73 Å². The Hall–Kier alpha value is -1.21. The third-order valence-electron chi connectivity index (χ3n) is 2.14. The first-order valence-corrected chi connectivity index (χ1v) is 6.39. The molecule has 0 radical (unpaired) electrons. The minimum absolute atomic E-state index is 0.128. The molecule has 18 heavy (non-hydrogen) atoms. The van der Waals surface area contributed by atoms with Crippen LogP contribution in [0.5, 0.6) is 0 Å². The van der Waals surface area contributed by atoms with E-state index >= 15 is 0 Å². The number of rotatable bonds is 2. The number of nitrogens with zero attached hydrogens (tertiary/aromatic N) is 1. The average Bonchev–Trinajstić information content (AvgIpc) is 2.29. The number of nitrogen functional groups attached to an aromatic ring is 1. The summed E-state index contributed by atoms with van der Waals surface area (Å²) < 4.78 is 28.0. The molecule has 0 saturated carbocycles. The van der Waals surface area contributed by atoms with Crippen molar-refractivity contribution in [3.8, 4) is 0 Å². The lowest BCUT2D eigenvalue weighted by Crippen LogP contribution is -2.03. The van der Waals surface area contributed by atoms with E-state index in [2.05, 4.69) is 42.2 Å². The van der Waals surface area contributed by atoms with Crippen LogP contribution >= 0.6 is 31.9 Å². The van der Waals surface area contributed by atoms with E-state index in [0.717, 1.165) is 4.47 Å². The van der Waals surface area contributed by atoms with Gasteiger partial charge in [-0.25, -0.2) is 13.8 Å². The Balaban J connectivity index is 2.37. The Kier molecular flexibility index (Phi) is 3.82. The van der Waals surface area contributed by atoms with E-state index in [1.54, 1.807) is 18.2 Å². The highest BCUT2D eigenvalue weighted by atomic mass is 79.9. The second-order valence-corrected chi connectivity index (χ2v) is 5.21. The van der Waals surface area contributed by atoms with Crippen LogP contribution in [0, 0.1) is 11.6 Å². The van der Waals surface area contributed by atoms with Crippen molar-refractivity contribution < 1.29 is 8.78 Å². The number of nitrogens with two attached hydrogens (primary N) is 1. The zero-order valence-electron chi connectivity index (χ0n) is 8.85. The number of benzene rings is 1. The van der Waals surface area contributed by atoms with Gasteiger partial charge in [0.15, 0.2) is 23.3 Å². The van der Waals surface area contributed by atoms with E-state index in [-0.39, 0.29) is 11.6 Å². The molecular formula is C11H7Br2F2N3. The third-order valence-corrected chi connectivity index (χ3v) is 3.29. The van der Waals surface area contributed by atoms with Gasteiger partial charge >= 0.3 is 0 Å². The maximum absolute atomic E-state index is 13.5. The predicted molar refractivity (Wildman–Crippen MR) is 73.7 cm³/mol. The predicted octanol–water partition coefficient (Wildman–Crippen LogP) is 4.21. The molecule has 0 saturated heterocycles. The van der Waals surface area contributed by atoms with E-state index < -0.39 is 11.6 Å². The maximum Gasteiger partial charge on any atom is 0.169 e. The molecule has 3 nitrogen and oxygen atoms in total. The van der Waals surface area contributed by atoms with Crippen LogP contribution in [0.4, 0.5) is 26.1 Å². The highest BCUT2D eigenvalue weighted by Gasteiger charge is 2.11. The zero-order valence-corrected chi connectivity index (χ0v) is 12.0. The molecule has 2 aromatic rings. The number of hydrogen-bond donors (Lipinski definition) is 2. The van der Waals surface area contributed by atoms with Gasteiger partial charge in [0.2, 0.25) is 0 Å². The van der Waals surface area contributed by atoms with Gasteiger partial charge in [-0.2, -0.15) is 0 Å². The normalized spacial score (nSPS) is 10.4. The van der Waals surface area contributed by atoms with Crippen molar-refractivity contribution in [3.63, 3.8) is 0 Å². The molecule has 94 valence electrons. The van der Waals surface area contributed by atoms with Crippen LogP contribution in [0.2, 0.25) is 0 Å². The van der Waals surface area contributed by atoms with Gasteiger partial charge < -0.3 is 11.1 Å². The molecule has 0 aliphatic carbocycles. The minimum atomic E-state index is -0.882. The molecule has 3 N–H and O–H groups in total. The number of nitrogens with one attached hydrogen (secondary N) is 1. The summed E-state index contributed by atoms with van der Waals surface area (Å²) in [5.74, 6) is -2.17. The van der Waals surface area contributed by atoms with Crippen LogP contribution in [-0.2, 0) is 0 Å². The van der Waals surface area contributed by atoms with Crippen LogP contribution in [-0.4, -0.2) is 4.98 Å². The second kappa shape index (κ2) is 5.19. The van der Waals surface area contributed by atoms with Crippen molar-refractivity contribution in [2.24, 2.45) is 0 Å². The maximum atomic E-state index is 13.5. The van der Waals surface area contributed by atoms with Crippen LogP contribution < -0.4 is 11.1 Å². The molecule has 1 aromatic carbocycles. The number of halogens is 4. The summed E-state index contributed by atoms with van der Waals surface area (Å²) in [6.07, 6.45) is 0. The molecule has 0 aliphatic heterocycles. The number of pyridine rings is 1. The summed E-state index contributed by atoms with van der Waals surface area (Å²) >= 11 is 6.61. The summed E-state index contributed by atoms with van der Waals surface area (Å²) in [6.45, 7) is 0. The molecule has 1 heterocycles. The second-order valence-electron chi connectivity index (χ2n) is 3.44. The van der Waals surface area contributed by atoms with Crippen molar-refractivity contribution in [1.29, 1.82) is 0 Å². The number of anilines is 3. The van der Waals surface area contributed by atoms with Gasteiger partial charge in [-0.05, 0) is 34.1 Å². The lowest BCUT2D eigenvalue weighted by molar-refractivity contribution is 0.581. The first-order valence-electron chi connectivity index (χ1n) is 4.81. The minimum Gasteiger partial charge on any atom is -0.381 e. The van der Waals surface area contributed by atoms with Gasteiger partial charge in [0, 0.05) is 15.0 Å². The molecule has 0 spiro atoms. The van der Waals surface area contributed by atoms with Gasteiger partial charge in [-0.3, -0.25) is 0 Å². The molecule has 0 unspecified atom stereocenters. The molecule has 0 bridgehead atoms. The van der Waals surface area contributed by atoms with Crippen molar-refractivity contribution in [2.75, 3.05) is 11.1 Å². The fourth-order valence-corrected chi connectivity index (χ4v) is 2.43. The van der Waals surface area contributed by atoms with Gasteiger partial charge in [-0.1, -0.05) is 15.9 Å². The zero-order chi connectivity index (χ0) is 13.3. The summed E-state index contributed by atoms with van der Waals surface area (Å²) in [4.78, 5) is 3.62. The summed E-state index contributed by atoms with van der Waals surface area (Å²) in [5.41, 5.74) is 5.89. The van der Waals surface area contributed by atoms with Crippen molar-refractivity contribution in [3.05, 3.63) is 44.8 Å². The third kappa shape index (κ3) is 2.78. The molecule has 7 heteroatoms. The topological polar surface area (TPSA) is 50.9 Å². The molecule has 1 aromatic heterocycles. The molecule has 0 atom stereocenters. The Morgan fingerprint density at radius 1 is 1.11 bits per heavy atom. The van der Waals surface area contributed by atoms with Gasteiger partial charge in [-0.15, -0.1) is 0 Å². The van der Waals surface area contributed by atoms with Gasteiger partial charge in [0.05, 0.1) is 5.69 Å². The molecule has 0 amide bonds. The fourth-order valence-electron chi connectivity index (χ4n) is 1.29. The first-order chi connectivity index (χ1) is 8.47. The summed E-state index contributed by atoms with van der Waals surface area (Å²) in [5, 5.41) is 2.74. The van der Waals surface area contributed by atoms with E-state index in [1.165, 1.54) is 0 Å². The quantitative estimate of drug-likeness (QED) is 0.822. The largest absolute Gasteiger partial charge is 0.381 e. The monoisotopic (exact) mass is 377 g/mol. The summed E-state index contributed by atoms with van der Waals surface area (Å²) in [6, 6.07) is 5.97. The van der Waals surface area contributed by atoms with E-state index in [1.807, 2.05) is 0 Å². The van der Waals surface area contributed by atoms with Crippen molar-refractivity contribution in [2.45, 2.75) is 0 Å². The van der Waals surface area contributed by atoms with Crippen LogP contribution in [0.3, 0.4) is 0 Å².